The van der Waals surface area contributed by atoms with E-state index < -0.39 is 0 Å². The average molecular weight is 387 g/mol. The first-order valence-electron chi connectivity index (χ1n) is 6.37. The standard InChI is InChI=1S/C16H14BrCl2NO/c1-9-5-12(6-10(2)16(9)17)20-15(21)8-11-3-4-13(18)14(19)7-11/h3-7H,8H2,1-2H3,(H,20,21). The first-order valence-corrected chi connectivity index (χ1v) is 7.92. The maximum absolute atomic E-state index is 12.1. The van der Waals surface area contributed by atoms with Gasteiger partial charge in [-0.25, -0.2) is 0 Å². The van der Waals surface area contributed by atoms with Gasteiger partial charge >= 0.3 is 0 Å². The summed E-state index contributed by atoms with van der Waals surface area (Å²) in [5.74, 6) is -0.0884. The highest BCUT2D eigenvalue weighted by Gasteiger charge is 2.08. The molecule has 1 amide bonds. The third-order valence-electron chi connectivity index (χ3n) is 3.07. The van der Waals surface area contributed by atoms with Gasteiger partial charge in [0.25, 0.3) is 0 Å². The Morgan fingerprint density at radius 2 is 1.71 bits per heavy atom. The number of carbonyl (C=O) groups is 1. The largest absolute Gasteiger partial charge is 0.326 e. The molecule has 0 aliphatic carbocycles. The lowest BCUT2D eigenvalue weighted by Gasteiger charge is -2.10. The first-order chi connectivity index (χ1) is 9.86. The minimum Gasteiger partial charge on any atom is -0.326 e. The molecule has 0 fully saturated rings. The van der Waals surface area contributed by atoms with Crippen LogP contribution in [0.3, 0.4) is 0 Å². The molecule has 0 heterocycles. The Labute approximate surface area is 142 Å². The van der Waals surface area contributed by atoms with E-state index in [0.717, 1.165) is 26.9 Å². The van der Waals surface area contributed by atoms with Crippen molar-refractivity contribution in [3.05, 3.63) is 61.5 Å². The van der Waals surface area contributed by atoms with Gasteiger partial charge in [-0.15, -0.1) is 0 Å². The van der Waals surface area contributed by atoms with Gasteiger partial charge in [0.2, 0.25) is 5.91 Å². The van der Waals surface area contributed by atoms with Crippen molar-refractivity contribution in [1.29, 1.82) is 0 Å². The van der Waals surface area contributed by atoms with Crippen molar-refractivity contribution in [2.75, 3.05) is 5.32 Å². The molecule has 0 atom stereocenters. The predicted octanol–water partition coefficient (Wildman–Crippen LogP) is 5.55. The molecular formula is C16H14BrCl2NO. The SMILES string of the molecule is Cc1cc(NC(=O)Cc2ccc(Cl)c(Cl)c2)cc(C)c1Br. The lowest BCUT2D eigenvalue weighted by Crippen LogP contribution is -2.14. The number of rotatable bonds is 3. The van der Waals surface area contributed by atoms with Gasteiger partial charge in [-0.05, 0) is 54.8 Å². The summed E-state index contributed by atoms with van der Waals surface area (Å²) in [6.07, 6.45) is 0.255. The van der Waals surface area contributed by atoms with Crippen LogP contribution in [0.2, 0.25) is 10.0 Å². The van der Waals surface area contributed by atoms with Gasteiger partial charge in [-0.3, -0.25) is 4.79 Å². The van der Waals surface area contributed by atoms with E-state index in [1.807, 2.05) is 26.0 Å². The van der Waals surface area contributed by atoms with E-state index in [-0.39, 0.29) is 12.3 Å². The van der Waals surface area contributed by atoms with E-state index in [1.54, 1.807) is 18.2 Å². The van der Waals surface area contributed by atoms with Gasteiger partial charge in [-0.2, -0.15) is 0 Å². The number of benzene rings is 2. The summed E-state index contributed by atoms with van der Waals surface area (Å²) in [7, 11) is 0. The molecular weight excluding hydrogens is 373 g/mol. The highest BCUT2D eigenvalue weighted by atomic mass is 79.9. The van der Waals surface area contributed by atoms with Crippen molar-refractivity contribution in [2.45, 2.75) is 20.3 Å². The predicted molar refractivity (Wildman–Crippen MR) is 92.4 cm³/mol. The molecule has 0 aliphatic rings. The van der Waals surface area contributed by atoms with E-state index in [2.05, 4.69) is 21.2 Å². The molecule has 2 aromatic rings. The summed E-state index contributed by atoms with van der Waals surface area (Å²) in [4.78, 5) is 12.1. The number of amides is 1. The normalized spacial score (nSPS) is 10.5. The van der Waals surface area contributed by atoms with Gasteiger partial charge in [0.05, 0.1) is 16.5 Å². The van der Waals surface area contributed by atoms with E-state index >= 15 is 0 Å². The van der Waals surface area contributed by atoms with Crippen LogP contribution in [0, 0.1) is 13.8 Å². The van der Waals surface area contributed by atoms with Gasteiger partial charge in [0, 0.05) is 10.2 Å². The summed E-state index contributed by atoms with van der Waals surface area (Å²) in [6.45, 7) is 3.98. The molecule has 0 radical (unpaired) electrons. The summed E-state index contributed by atoms with van der Waals surface area (Å²) < 4.78 is 1.06. The van der Waals surface area contributed by atoms with Crippen molar-refractivity contribution >= 4 is 50.7 Å². The molecule has 0 aliphatic heterocycles. The summed E-state index contributed by atoms with van der Waals surface area (Å²) in [6, 6.07) is 9.07. The van der Waals surface area contributed by atoms with Crippen molar-refractivity contribution in [2.24, 2.45) is 0 Å². The number of hydrogen-bond acceptors (Lipinski definition) is 1. The van der Waals surface area contributed by atoms with Gasteiger partial charge in [0.1, 0.15) is 0 Å². The van der Waals surface area contributed by atoms with Crippen molar-refractivity contribution in [1.82, 2.24) is 0 Å². The van der Waals surface area contributed by atoms with E-state index in [9.17, 15) is 4.79 Å². The summed E-state index contributed by atoms with van der Waals surface area (Å²) >= 11 is 15.3. The lowest BCUT2D eigenvalue weighted by molar-refractivity contribution is -0.115. The fourth-order valence-corrected chi connectivity index (χ4v) is 2.61. The molecule has 0 bridgehead atoms. The molecule has 5 heteroatoms. The average Bonchev–Trinajstić information content (AvgIpc) is 2.40. The second-order valence-electron chi connectivity index (χ2n) is 4.90. The molecule has 2 rings (SSSR count). The zero-order valence-corrected chi connectivity index (χ0v) is 14.7. The van der Waals surface area contributed by atoms with Gasteiger partial charge < -0.3 is 5.32 Å². The number of hydrogen-bond donors (Lipinski definition) is 1. The molecule has 2 nitrogen and oxygen atoms in total. The van der Waals surface area contributed by atoms with Crippen LogP contribution in [0.1, 0.15) is 16.7 Å². The molecule has 110 valence electrons. The van der Waals surface area contributed by atoms with Crippen molar-refractivity contribution in [3.8, 4) is 0 Å². The fourth-order valence-electron chi connectivity index (χ4n) is 2.06. The Bertz CT molecular complexity index is 678. The molecule has 0 saturated carbocycles. The van der Waals surface area contributed by atoms with Crippen LogP contribution in [0.4, 0.5) is 5.69 Å². The van der Waals surface area contributed by atoms with Crippen LogP contribution in [-0.2, 0) is 11.2 Å². The van der Waals surface area contributed by atoms with Crippen LogP contribution >= 0.6 is 39.1 Å². The summed E-state index contributed by atoms with van der Waals surface area (Å²) in [5.41, 5.74) is 3.78. The Balaban J connectivity index is 2.09. The van der Waals surface area contributed by atoms with E-state index in [4.69, 9.17) is 23.2 Å². The van der Waals surface area contributed by atoms with Gasteiger partial charge in [-0.1, -0.05) is 45.2 Å². The van der Waals surface area contributed by atoms with Crippen LogP contribution in [0.25, 0.3) is 0 Å². The number of nitrogens with one attached hydrogen (secondary N) is 1. The van der Waals surface area contributed by atoms with E-state index in [1.165, 1.54) is 0 Å². The number of anilines is 1. The first kappa shape index (κ1) is 16.3. The van der Waals surface area contributed by atoms with Gasteiger partial charge in [0.15, 0.2) is 0 Å². The lowest BCUT2D eigenvalue weighted by atomic mass is 10.1. The van der Waals surface area contributed by atoms with Crippen molar-refractivity contribution < 1.29 is 4.79 Å². The number of halogens is 3. The third kappa shape index (κ3) is 4.22. The second-order valence-corrected chi connectivity index (χ2v) is 6.50. The van der Waals surface area contributed by atoms with Crippen molar-refractivity contribution in [3.63, 3.8) is 0 Å². The maximum atomic E-state index is 12.1. The molecule has 1 N–H and O–H groups in total. The third-order valence-corrected chi connectivity index (χ3v) is 5.06. The topological polar surface area (TPSA) is 29.1 Å². The Morgan fingerprint density at radius 1 is 1.10 bits per heavy atom. The maximum Gasteiger partial charge on any atom is 0.228 e. The number of aryl methyl sites for hydroxylation is 2. The highest BCUT2D eigenvalue weighted by molar-refractivity contribution is 9.10. The Hall–Kier alpha value is -1.03. The van der Waals surface area contributed by atoms with Crippen LogP contribution in [-0.4, -0.2) is 5.91 Å². The fraction of sp³-hybridized carbons (Fsp3) is 0.188. The highest BCUT2D eigenvalue weighted by Crippen LogP contribution is 2.26. The monoisotopic (exact) mass is 385 g/mol. The quantitative estimate of drug-likeness (QED) is 0.735. The molecule has 21 heavy (non-hydrogen) atoms. The minimum atomic E-state index is -0.0884. The zero-order chi connectivity index (χ0) is 15.6. The molecule has 0 spiro atoms. The summed E-state index contributed by atoms with van der Waals surface area (Å²) in [5, 5.41) is 3.84. The van der Waals surface area contributed by atoms with Crippen LogP contribution < -0.4 is 5.32 Å². The number of carbonyl (C=O) groups excluding carboxylic acids is 1. The Morgan fingerprint density at radius 3 is 2.29 bits per heavy atom. The van der Waals surface area contributed by atoms with Crippen LogP contribution in [0.15, 0.2) is 34.8 Å². The minimum absolute atomic E-state index is 0.0884. The van der Waals surface area contributed by atoms with Crippen LogP contribution in [0.5, 0.6) is 0 Å². The second kappa shape index (κ2) is 6.82. The van der Waals surface area contributed by atoms with E-state index in [0.29, 0.717) is 10.0 Å². The molecule has 2 aromatic carbocycles. The zero-order valence-electron chi connectivity index (χ0n) is 11.6. The molecule has 0 unspecified atom stereocenters. The molecule has 0 saturated heterocycles. The molecule has 0 aromatic heterocycles. The Kier molecular flexibility index (Phi) is 5.31. The smallest absolute Gasteiger partial charge is 0.228 e.